The Morgan fingerprint density at radius 3 is 2.46 bits per heavy atom. The van der Waals surface area contributed by atoms with Crippen LogP contribution in [0.3, 0.4) is 0 Å². The number of carbonyl (C=O) groups is 1. The van der Waals surface area contributed by atoms with Gasteiger partial charge in [0.15, 0.2) is 5.60 Å². The van der Waals surface area contributed by atoms with Gasteiger partial charge in [-0.2, -0.15) is 0 Å². The quantitative estimate of drug-likeness (QED) is 0.813. The Labute approximate surface area is 158 Å². The molecule has 0 aromatic carbocycles. The van der Waals surface area contributed by atoms with E-state index in [1.165, 1.54) is 51.5 Å². The number of nitrogens with zero attached hydrogens (tertiary/aromatic N) is 3. The number of likely N-dealkylation sites (tertiary alicyclic amines) is 1. The predicted octanol–water partition coefficient (Wildman–Crippen LogP) is 2.09. The summed E-state index contributed by atoms with van der Waals surface area (Å²) in [6, 6.07) is 0.775. The van der Waals surface area contributed by atoms with Gasteiger partial charge in [0.25, 0.3) is 5.91 Å². The van der Waals surface area contributed by atoms with Gasteiger partial charge in [0, 0.05) is 38.8 Å². The van der Waals surface area contributed by atoms with E-state index in [9.17, 15) is 9.90 Å². The summed E-state index contributed by atoms with van der Waals surface area (Å²) >= 11 is 0. The van der Waals surface area contributed by atoms with Gasteiger partial charge in [0.2, 0.25) is 0 Å². The largest absolute Gasteiger partial charge is 0.379 e. The molecule has 4 fully saturated rings. The molecule has 4 aliphatic rings. The fourth-order valence-electron chi connectivity index (χ4n) is 5.33. The number of piperidine rings is 1. The molecule has 2 saturated heterocycles. The maximum absolute atomic E-state index is 12.9. The minimum atomic E-state index is -1.15. The second-order valence-electron chi connectivity index (χ2n) is 9.29. The monoisotopic (exact) mass is 363 g/mol. The average molecular weight is 364 g/mol. The third-order valence-electron chi connectivity index (χ3n) is 7.08. The van der Waals surface area contributed by atoms with Crippen LogP contribution in [-0.4, -0.2) is 83.2 Å². The van der Waals surface area contributed by atoms with Gasteiger partial charge in [-0.15, -0.1) is 0 Å². The molecule has 0 bridgehead atoms. The van der Waals surface area contributed by atoms with Gasteiger partial charge in [-0.05, 0) is 64.0 Å². The molecule has 5 nitrogen and oxygen atoms in total. The fraction of sp³-hybridized carbons (Fsp3) is 0.952. The number of rotatable bonds is 5. The average Bonchev–Trinajstić information content (AvgIpc) is 3.48. The zero-order chi connectivity index (χ0) is 18.0. The zero-order valence-electron chi connectivity index (χ0n) is 16.4. The third-order valence-corrected chi connectivity index (χ3v) is 7.08. The van der Waals surface area contributed by atoms with Crippen molar-refractivity contribution in [2.24, 2.45) is 5.92 Å². The lowest BCUT2D eigenvalue weighted by atomic mass is 9.90. The summed E-state index contributed by atoms with van der Waals surface area (Å²) in [4.78, 5) is 19.9. The predicted molar refractivity (Wildman–Crippen MR) is 103 cm³/mol. The first-order chi connectivity index (χ1) is 12.6. The Hall–Kier alpha value is -0.650. The van der Waals surface area contributed by atoms with Crippen LogP contribution in [0.15, 0.2) is 0 Å². The van der Waals surface area contributed by atoms with Crippen molar-refractivity contribution in [1.82, 2.24) is 14.7 Å². The molecule has 1 unspecified atom stereocenters. The second-order valence-corrected chi connectivity index (χ2v) is 9.29. The number of carbonyl (C=O) groups excluding carboxylic acids is 1. The van der Waals surface area contributed by atoms with Crippen LogP contribution in [-0.2, 0) is 4.79 Å². The lowest BCUT2D eigenvalue weighted by Gasteiger charge is -2.41. The molecule has 2 aliphatic carbocycles. The van der Waals surface area contributed by atoms with Crippen LogP contribution in [0.25, 0.3) is 0 Å². The Balaban J connectivity index is 1.31. The van der Waals surface area contributed by atoms with E-state index in [-0.39, 0.29) is 5.91 Å². The molecule has 0 aromatic rings. The maximum Gasteiger partial charge on any atom is 0.255 e. The lowest BCUT2D eigenvalue weighted by Crippen LogP contribution is -2.59. The molecular formula is C21H37N3O2. The lowest BCUT2D eigenvalue weighted by molar-refractivity contribution is -0.159. The summed E-state index contributed by atoms with van der Waals surface area (Å²) in [6.07, 6.45) is 12.1. The van der Waals surface area contributed by atoms with Crippen LogP contribution in [0, 0.1) is 5.92 Å². The Bertz CT molecular complexity index is 490. The smallest absolute Gasteiger partial charge is 0.255 e. The number of hydrogen-bond donors (Lipinski definition) is 1. The van der Waals surface area contributed by atoms with Crippen LogP contribution < -0.4 is 0 Å². The Morgan fingerprint density at radius 2 is 1.69 bits per heavy atom. The summed E-state index contributed by atoms with van der Waals surface area (Å²) < 4.78 is 0. The van der Waals surface area contributed by atoms with Crippen molar-refractivity contribution in [1.29, 1.82) is 0 Å². The van der Waals surface area contributed by atoms with Crippen LogP contribution in [0.2, 0.25) is 0 Å². The number of hydrogen-bond acceptors (Lipinski definition) is 4. The normalized spacial score (nSPS) is 33.4. The molecule has 4 rings (SSSR count). The molecule has 2 aliphatic heterocycles. The molecule has 2 saturated carbocycles. The summed E-state index contributed by atoms with van der Waals surface area (Å²) in [5, 5.41) is 11.2. The third kappa shape index (κ3) is 4.42. The Morgan fingerprint density at radius 1 is 0.885 bits per heavy atom. The van der Waals surface area contributed by atoms with Crippen molar-refractivity contribution < 1.29 is 9.90 Å². The molecule has 0 aromatic heterocycles. The van der Waals surface area contributed by atoms with Gasteiger partial charge >= 0.3 is 0 Å². The number of β-amino-alcohol motifs (C(OH)–C–C–N with tert-alkyl or cyclic N) is 1. The van der Waals surface area contributed by atoms with Crippen molar-refractivity contribution in [3.63, 3.8) is 0 Å². The first kappa shape index (κ1) is 18.7. The Kier molecular flexibility index (Phi) is 5.87. The zero-order valence-corrected chi connectivity index (χ0v) is 16.4. The highest BCUT2D eigenvalue weighted by molar-refractivity contribution is 5.86. The van der Waals surface area contributed by atoms with E-state index in [1.807, 2.05) is 4.90 Å². The molecule has 0 radical (unpaired) electrons. The SMILES string of the molecule is O=C1N(CC2CC2)CCCC1(O)CN1CCCN(C2CCCCC2)CC1. The molecular weight excluding hydrogens is 326 g/mol. The van der Waals surface area contributed by atoms with E-state index in [1.54, 1.807) is 0 Å². The molecule has 1 amide bonds. The molecule has 5 heteroatoms. The van der Waals surface area contributed by atoms with Crippen LogP contribution in [0.1, 0.15) is 64.2 Å². The number of aliphatic hydroxyl groups is 1. The van der Waals surface area contributed by atoms with Crippen molar-refractivity contribution in [2.45, 2.75) is 75.9 Å². The van der Waals surface area contributed by atoms with E-state index in [0.717, 1.165) is 51.6 Å². The highest BCUT2D eigenvalue weighted by Gasteiger charge is 2.44. The van der Waals surface area contributed by atoms with Gasteiger partial charge in [-0.1, -0.05) is 19.3 Å². The van der Waals surface area contributed by atoms with Crippen molar-refractivity contribution in [3.05, 3.63) is 0 Å². The van der Waals surface area contributed by atoms with Crippen molar-refractivity contribution in [2.75, 3.05) is 45.8 Å². The van der Waals surface area contributed by atoms with Gasteiger partial charge in [-0.25, -0.2) is 0 Å². The molecule has 26 heavy (non-hydrogen) atoms. The van der Waals surface area contributed by atoms with E-state index in [0.29, 0.717) is 18.9 Å². The van der Waals surface area contributed by atoms with E-state index < -0.39 is 5.60 Å². The maximum atomic E-state index is 12.9. The van der Waals surface area contributed by atoms with Crippen molar-refractivity contribution >= 4 is 5.91 Å². The minimum Gasteiger partial charge on any atom is -0.379 e. The molecule has 2 heterocycles. The molecule has 1 N–H and O–H groups in total. The standard InChI is InChI=1S/C21H37N3O2/c25-20-21(26,10-4-12-24(20)16-18-8-9-18)17-22-11-5-13-23(15-14-22)19-6-2-1-3-7-19/h18-19,26H,1-17H2. The second kappa shape index (κ2) is 8.15. The summed E-state index contributed by atoms with van der Waals surface area (Å²) in [5.74, 6) is 0.701. The first-order valence-electron chi connectivity index (χ1n) is 11.1. The highest BCUT2D eigenvalue weighted by Crippen LogP contribution is 2.33. The molecule has 148 valence electrons. The van der Waals surface area contributed by atoms with Crippen LogP contribution >= 0.6 is 0 Å². The summed E-state index contributed by atoms with van der Waals surface area (Å²) in [5.41, 5.74) is -1.15. The van der Waals surface area contributed by atoms with Gasteiger partial charge < -0.3 is 10.0 Å². The van der Waals surface area contributed by atoms with E-state index in [2.05, 4.69) is 9.80 Å². The topological polar surface area (TPSA) is 47.0 Å². The van der Waals surface area contributed by atoms with Gasteiger partial charge in [0.05, 0.1) is 0 Å². The van der Waals surface area contributed by atoms with Crippen molar-refractivity contribution in [3.8, 4) is 0 Å². The highest BCUT2D eigenvalue weighted by atomic mass is 16.3. The van der Waals surface area contributed by atoms with Gasteiger partial charge in [-0.3, -0.25) is 14.6 Å². The van der Waals surface area contributed by atoms with E-state index >= 15 is 0 Å². The molecule has 1 atom stereocenters. The number of amides is 1. The molecule has 0 spiro atoms. The summed E-state index contributed by atoms with van der Waals surface area (Å²) in [6.45, 7) is 6.54. The van der Waals surface area contributed by atoms with Gasteiger partial charge in [0.1, 0.15) is 0 Å². The van der Waals surface area contributed by atoms with Crippen LogP contribution in [0.4, 0.5) is 0 Å². The first-order valence-corrected chi connectivity index (χ1v) is 11.1. The summed E-state index contributed by atoms with van der Waals surface area (Å²) in [7, 11) is 0. The minimum absolute atomic E-state index is 0.00373. The van der Waals surface area contributed by atoms with Crippen LogP contribution in [0.5, 0.6) is 0 Å². The van der Waals surface area contributed by atoms with E-state index in [4.69, 9.17) is 0 Å². The fourth-order valence-corrected chi connectivity index (χ4v) is 5.33.